The molecule has 0 fully saturated rings. The van der Waals surface area contributed by atoms with E-state index in [-0.39, 0.29) is 5.82 Å². The zero-order chi connectivity index (χ0) is 21.8. The fourth-order valence-corrected chi connectivity index (χ4v) is 2.96. The number of rotatable bonds is 11. The van der Waals surface area contributed by atoms with Gasteiger partial charge in [-0.3, -0.25) is 4.99 Å². The highest BCUT2D eigenvalue weighted by Gasteiger charge is 2.08. The Labute approximate surface area is 179 Å². The van der Waals surface area contributed by atoms with E-state index < -0.39 is 0 Å². The van der Waals surface area contributed by atoms with Crippen LogP contribution in [0.3, 0.4) is 0 Å². The smallest absolute Gasteiger partial charge is 0.191 e. The zero-order valence-corrected chi connectivity index (χ0v) is 18.4. The summed E-state index contributed by atoms with van der Waals surface area (Å²) >= 11 is 0. The number of ether oxygens (including phenoxy) is 2. The molecular weight excluding hydrogens is 383 g/mol. The van der Waals surface area contributed by atoms with E-state index in [1.165, 1.54) is 12.1 Å². The van der Waals surface area contributed by atoms with Gasteiger partial charge in [0.25, 0.3) is 0 Å². The Morgan fingerprint density at radius 2 is 1.60 bits per heavy atom. The normalized spacial score (nSPS) is 11.5. The lowest BCUT2D eigenvalue weighted by Gasteiger charge is -2.19. The lowest BCUT2D eigenvalue weighted by molar-refractivity contribution is 0.217. The maximum Gasteiger partial charge on any atom is 0.191 e. The van der Waals surface area contributed by atoms with Crippen LogP contribution in [0, 0.1) is 5.82 Å². The zero-order valence-electron chi connectivity index (χ0n) is 18.4. The fourth-order valence-electron chi connectivity index (χ4n) is 2.96. The first-order chi connectivity index (χ1) is 14.6. The van der Waals surface area contributed by atoms with Crippen LogP contribution < -0.4 is 20.1 Å². The molecule has 7 heteroatoms. The molecular formula is C23H33FN4O2. The molecule has 0 heterocycles. The SMILES string of the molecule is CCN(CC)CCOc1ccc(CNC(=NC)NCc2ccc(F)cc2)cc1OC. The van der Waals surface area contributed by atoms with E-state index in [9.17, 15) is 4.39 Å². The van der Waals surface area contributed by atoms with Crippen molar-refractivity contribution in [3.8, 4) is 11.5 Å². The number of guanidine groups is 1. The van der Waals surface area contributed by atoms with Crippen molar-refractivity contribution in [1.82, 2.24) is 15.5 Å². The van der Waals surface area contributed by atoms with Crippen LogP contribution >= 0.6 is 0 Å². The van der Waals surface area contributed by atoms with Crippen LogP contribution in [0.5, 0.6) is 11.5 Å². The Hall–Kier alpha value is -2.80. The maximum absolute atomic E-state index is 13.0. The summed E-state index contributed by atoms with van der Waals surface area (Å²) in [6, 6.07) is 12.3. The van der Waals surface area contributed by atoms with E-state index in [1.54, 1.807) is 26.3 Å². The Balaban J connectivity index is 1.86. The van der Waals surface area contributed by atoms with Crippen LogP contribution in [0.2, 0.25) is 0 Å². The van der Waals surface area contributed by atoms with Crippen molar-refractivity contribution in [2.45, 2.75) is 26.9 Å². The average Bonchev–Trinajstić information content (AvgIpc) is 2.78. The Kier molecular flexibility index (Phi) is 9.94. The molecule has 2 N–H and O–H groups in total. The highest BCUT2D eigenvalue weighted by Crippen LogP contribution is 2.28. The molecule has 0 radical (unpaired) electrons. The summed E-state index contributed by atoms with van der Waals surface area (Å²) in [7, 11) is 3.36. The monoisotopic (exact) mass is 416 g/mol. The Morgan fingerprint density at radius 3 is 2.20 bits per heavy atom. The number of methoxy groups -OCH3 is 1. The summed E-state index contributed by atoms with van der Waals surface area (Å²) in [5, 5.41) is 6.49. The second-order valence-corrected chi connectivity index (χ2v) is 6.77. The van der Waals surface area contributed by atoms with Crippen molar-refractivity contribution >= 4 is 5.96 Å². The number of hydrogen-bond acceptors (Lipinski definition) is 4. The molecule has 0 atom stereocenters. The van der Waals surface area contributed by atoms with E-state index in [1.807, 2.05) is 18.2 Å². The van der Waals surface area contributed by atoms with Gasteiger partial charge in [-0.15, -0.1) is 0 Å². The van der Waals surface area contributed by atoms with Gasteiger partial charge in [-0.2, -0.15) is 0 Å². The third-order valence-corrected chi connectivity index (χ3v) is 4.84. The molecule has 2 aromatic carbocycles. The van der Waals surface area contributed by atoms with Crippen molar-refractivity contribution in [3.05, 3.63) is 59.4 Å². The van der Waals surface area contributed by atoms with Crippen LogP contribution in [-0.2, 0) is 13.1 Å². The second kappa shape index (κ2) is 12.7. The summed E-state index contributed by atoms with van der Waals surface area (Å²) in [6.45, 7) is 8.96. The Bertz CT molecular complexity index is 792. The number of halogens is 1. The predicted molar refractivity (Wildman–Crippen MR) is 120 cm³/mol. The van der Waals surface area contributed by atoms with E-state index in [0.717, 1.165) is 36.5 Å². The minimum absolute atomic E-state index is 0.240. The number of likely N-dealkylation sites (N-methyl/N-ethyl adjacent to an activating group) is 1. The number of aliphatic imine (C=N–C) groups is 1. The molecule has 30 heavy (non-hydrogen) atoms. The molecule has 0 aliphatic heterocycles. The molecule has 0 amide bonds. The Morgan fingerprint density at radius 1 is 0.967 bits per heavy atom. The van der Waals surface area contributed by atoms with Gasteiger partial charge in [0.05, 0.1) is 7.11 Å². The van der Waals surface area contributed by atoms with Gasteiger partial charge >= 0.3 is 0 Å². The molecule has 0 aliphatic rings. The third kappa shape index (κ3) is 7.55. The second-order valence-electron chi connectivity index (χ2n) is 6.77. The first-order valence-electron chi connectivity index (χ1n) is 10.3. The van der Waals surface area contributed by atoms with Gasteiger partial charge in [-0.25, -0.2) is 4.39 Å². The van der Waals surface area contributed by atoms with Crippen molar-refractivity contribution < 1.29 is 13.9 Å². The van der Waals surface area contributed by atoms with E-state index in [4.69, 9.17) is 9.47 Å². The number of nitrogens with zero attached hydrogens (tertiary/aromatic N) is 2. The van der Waals surface area contributed by atoms with Gasteiger partial charge in [0.2, 0.25) is 0 Å². The minimum atomic E-state index is -0.240. The maximum atomic E-state index is 13.0. The topological polar surface area (TPSA) is 58.1 Å². The van der Waals surface area contributed by atoms with E-state index in [0.29, 0.717) is 31.4 Å². The number of nitrogens with one attached hydrogen (secondary N) is 2. The van der Waals surface area contributed by atoms with Crippen LogP contribution in [0.4, 0.5) is 4.39 Å². The molecule has 164 valence electrons. The first-order valence-corrected chi connectivity index (χ1v) is 10.3. The van der Waals surface area contributed by atoms with Crippen molar-refractivity contribution in [1.29, 1.82) is 0 Å². The average molecular weight is 417 g/mol. The van der Waals surface area contributed by atoms with Gasteiger partial charge < -0.3 is 25.0 Å². The van der Waals surface area contributed by atoms with Crippen molar-refractivity contribution in [2.24, 2.45) is 4.99 Å². The van der Waals surface area contributed by atoms with Crippen LogP contribution in [0.25, 0.3) is 0 Å². The summed E-state index contributed by atoms with van der Waals surface area (Å²) in [6.07, 6.45) is 0. The van der Waals surface area contributed by atoms with Crippen LogP contribution in [0.15, 0.2) is 47.5 Å². The lowest BCUT2D eigenvalue weighted by atomic mass is 10.2. The summed E-state index contributed by atoms with van der Waals surface area (Å²) in [4.78, 5) is 6.54. The molecule has 2 rings (SSSR count). The lowest BCUT2D eigenvalue weighted by Crippen LogP contribution is -2.36. The summed E-state index contributed by atoms with van der Waals surface area (Å²) in [5.41, 5.74) is 2.03. The van der Waals surface area contributed by atoms with Gasteiger partial charge in [0.15, 0.2) is 17.5 Å². The van der Waals surface area contributed by atoms with Crippen molar-refractivity contribution in [2.75, 3.05) is 40.4 Å². The quantitative estimate of drug-likeness (QED) is 0.434. The fraction of sp³-hybridized carbons (Fsp3) is 0.435. The predicted octanol–water partition coefficient (Wildman–Crippen LogP) is 3.42. The molecule has 0 aromatic heterocycles. The highest BCUT2D eigenvalue weighted by molar-refractivity contribution is 5.79. The molecule has 0 saturated carbocycles. The van der Waals surface area contributed by atoms with Gasteiger partial charge in [0.1, 0.15) is 12.4 Å². The van der Waals surface area contributed by atoms with Crippen LogP contribution in [0.1, 0.15) is 25.0 Å². The molecule has 0 saturated heterocycles. The molecule has 0 aliphatic carbocycles. The molecule has 0 unspecified atom stereocenters. The molecule has 0 bridgehead atoms. The largest absolute Gasteiger partial charge is 0.493 e. The highest BCUT2D eigenvalue weighted by atomic mass is 19.1. The van der Waals surface area contributed by atoms with Crippen molar-refractivity contribution in [3.63, 3.8) is 0 Å². The van der Waals surface area contributed by atoms with E-state index >= 15 is 0 Å². The molecule has 6 nitrogen and oxygen atoms in total. The summed E-state index contributed by atoms with van der Waals surface area (Å²) < 4.78 is 24.4. The third-order valence-electron chi connectivity index (χ3n) is 4.84. The van der Waals surface area contributed by atoms with Crippen LogP contribution in [-0.4, -0.2) is 51.3 Å². The van der Waals surface area contributed by atoms with E-state index in [2.05, 4.69) is 34.4 Å². The molecule has 2 aromatic rings. The van der Waals surface area contributed by atoms with Gasteiger partial charge in [-0.05, 0) is 48.5 Å². The van der Waals surface area contributed by atoms with Gasteiger partial charge in [-0.1, -0.05) is 32.0 Å². The summed E-state index contributed by atoms with van der Waals surface area (Å²) in [5.74, 6) is 1.88. The molecule has 0 spiro atoms. The standard InChI is InChI=1S/C23H33FN4O2/c1-5-28(6-2)13-14-30-21-12-9-19(15-22(21)29-4)17-27-23(25-3)26-16-18-7-10-20(24)11-8-18/h7-12,15H,5-6,13-14,16-17H2,1-4H3,(H2,25,26,27). The number of benzene rings is 2. The first kappa shape index (κ1) is 23.5. The minimum Gasteiger partial charge on any atom is -0.493 e. The number of hydrogen-bond donors (Lipinski definition) is 2. The van der Waals surface area contributed by atoms with Gasteiger partial charge in [0, 0.05) is 26.7 Å².